The zero-order valence-corrected chi connectivity index (χ0v) is 12.5. The van der Waals surface area contributed by atoms with Crippen LogP contribution in [0, 0.1) is 13.8 Å². The highest BCUT2D eigenvalue weighted by Crippen LogP contribution is 2.27. The van der Waals surface area contributed by atoms with Crippen molar-refractivity contribution in [3.63, 3.8) is 0 Å². The van der Waals surface area contributed by atoms with Crippen molar-refractivity contribution < 1.29 is 4.74 Å². The normalized spacial score (nSPS) is 11.0. The lowest BCUT2D eigenvalue weighted by Gasteiger charge is -2.05. The molecule has 0 aliphatic heterocycles. The quantitative estimate of drug-likeness (QED) is 0.909. The molecule has 1 N–H and O–H groups in total. The van der Waals surface area contributed by atoms with Crippen LogP contribution >= 0.6 is 11.3 Å². The highest BCUT2D eigenvalue weighted by molar-refractivity contribution is 7.13. The molecule has 1 heterocycles. The summed E-state index contributed by atoms with van der Waals surface area (Å²) in [5, 5.41) is 13.0. The molecule has 0 aliphatic rings. The Morgan fingerprint density at radius 3 is 2.74 bits per heavy atom. The van der Waals surface area contributed by atoms with Crippen molar-refractivity contribution in [2.24, 2.45) is 0 Å². The van der Waals surface area contributed by atoms with E-state index in [1.807, 2.05) is 19.1 Å². The molecule has 0 amide bonds. The number of nitrogens with one attached hydrogen (secondary N) is 1. The number of hydrogen-bond acceptors (Lipinski definition) is 5. The average molecular weight is 277 g/mol. The van der Waals surface area contributed by atoms with Crippen LogP contribution in [0.4, 0.5) is 0 Å². The van der Waals surface area contributed by atoms with Gasteiger partial charge in [-0.2, -0.15) is 0 Å². The van der Waals surface area contributed by atoms with Crippen LogP contribution in [0.25, 0.3) is 0 Å². The van der Waals surface area contributed by atoms with E-state index in [1.54, 1.807) is 0 Å². The standard InChI is InChI=1S/C14H19N3OS/c1-9(2)15-8-13-16-17-14(19-13)18-12-6-5-10(3)7-11(12)4/h5-7,9,15H,8H2,1-4H3. The molecule has 1 aromatic carbocycles. The molecule has 102 valence electrons. The summed E-state index contributed by atoms with van der Waals surface area (Å²) in [5.41, 5.74) is 2.33. The molecule has 5 heteroatoms. The van der Waals surface area contributed by atoms with Gasteiger partial charge in [0.25, 0.3) is 5.19 Å². The van der Waals surface area contributed by atoms with Crippen molar-refractivity contribution in [1.82, 2.24) is 15.5 Å². The Morgan fingerprint density at radius 2 is 2.05 bits per heavy atom. The first-order chi connectivity index (χ1) is 9.04. The van der Waals surface area contributed by atoms with Gasteiger partial charge < -0.3 is 10.1 Å². The summed E-state index contributed by atoms with van der Waals surface area (Å²) in [6, 6.07) is 6.54. The van der Waals surface area contributed by atoms with E-state index in [-0.39, 0.29) is 0 Å². The molecule has 0 aliphatic carbocycles. The Balaban J connectivity index is 2.03. The predicted molar refractivity (Wildman–Crippen MR) is 77.9 cm³/mol. The second-order valence-corrected chi connectivity index (χ2v) is 5.89. The van der Waals surface area contributed by atoms with Crippen LogP contribution in [-0.2, 0) is 6.54 Å². The lowest BCUT2D eigenvalue weighted by Crippen LogP contribution is -2.21. The monoisotopic (exact) mass is 277 g/mol. The van der Waals surface area contributed by atoms with Gasteiger partial charge in [0.2, 0.25) is 0 Å². The Bertz CT molecular complexity index is 551. The van der Waals surface area contributed by atoms with Gasteiger partial charge in [-0.15, -0.1) is 5.10 Å². The fourth-order valence-corrected chi connectivity index (χ4v) is 2.30. The van der Waals surface area contributed by atoms with Gasteiger partial charge in [0, 0.05) is 6.04 Å². The molecule has 0 atom stereocenters. The lowest BCUT2D eigenvalue weighted by atomic mass is 10.1. The fourth-order valence-electron chi connectivity index (χ4n) is 1.65. The molecule has 0 fully saturated rings. The van der Waals surface area contributed by atoms with Crippen molar-refractivity contribution in [2.75, 3.05) is 0 Å². The van der Waals surface area contributed by atoms with E-state index in [0.717, 1.165) is 22.9 Å². The number of rotatable bonds is 5. The largest absolute Gasteiger partial charge is 0.430 e. The first kappa shape index (κ1) is 14.0. The molecule has 19 heavy (non-hydrogen) atoms. The van der Waals surface area contributed by atoms with E-state index >= 15 is 0 Å². The third-order valence-corrected chi connectivity index (χ3v) is 3.44. The van der Waals surface area contributed by atoms with Gasteiger partial charge in [-0.3, -0.25) is 0 Å². The smallest absolute Gasteiger partial charge is 0.299 e. The summed E-state index contributed by atoms with van der Waals surface area (Å²) in [5.74, 6) is 0.838. The second-order valence-electron chi connectivity index (χ2n) is 4.87. The molecule has 4 nitrogen and oxygen atoms in total. The first-order valence-electron chi connectivity index (χ1n) is 6.35. The molecule has 0 radical (unpaired) electrons. The zero-order valence-electron chi connectivity index (χ0n) is 11.7. The number of aryl methyl sites for hydroxylation is 2. The topological polar surface area (TPSA) is 47.0 Å². The van der Waals surface area contributed by atoms with Crippen molar-refractivity contribution in [3.05, 3.63) is 34.3 Å². The molecule has 0 unspecified atom stereocenters. The molecule has 1 aromatic heterocycles. The molecule has 0 saturated carbocycles. The van der Waals surface area contributed by atoms with Gasteiger partial charge in [0.05, 0.1) is 6.54 Å². The van der Waals surface area contributed by atoms with Crippen LogP contribution in [0.15, 0.2) is 18.2 Å². The van der Waals surface area contributed by atoms with E-state index in [2.05, 4.69) is 42.4 Å². The van der Waals surface area contributed by atoms with Gasteiger partial charge in [0.15, 0.2) is 0 Å². The summed E-state index contributed by atoms with van der Waals surface area (Å²) in [6.07, 6.45) is 0. The van der Waals surface area contributed by atoms with E-state index in [1.165, 1.54) is 16.9 Å². The SMILES string of the molecule is Cc1ccc(Oc2nnc(CNC(C)C)s2)c(C)c1. The highest BCUT2D eigenvalue weighted by Gasteiger charge is 2.08. The summed E-state index contributed by atoms with van der Waals surface area (Å²) in [7, 11) is 0. The number of nitrogens with zero attached hydrogens (tertiary/aromatic N) is 2. The van der Waals surface area contributed by atoms with Gasteiger partial charge in [0.1, 0.15) is 10.8 Å². The van der Waals surface area contributed by atoms with Crippen LogP contribution in [0.1, 0.15) is 30.0 Å². The van der Waals surface area contributed by atoms with Gasteiger partial charge >= 0.3 is 0 Å². The number of hydrogen-bond donors (Lipinski definition) is 1. The maximum atomic E-state index is 5.77. The van der Waals surface area contributed by atoms with Crippen LogP contribution in [0.5, 0.6) is 10.9 Å². The number of aromatic nitrogens is 2. The predicted octanol–water partition coefficient (Wildman–Crippen LogP) is 3.45. The summed E-state index contributed by atoms with van der Waals surface area (Å²) < 4.78 is 5.77. The fraction of sp³-hybridized carbons (Fsp3) is 0.429. The van der Waals surface area contributed by atoms with Crippen molar-refractivity contribution in [1.29, 1.82) is 0 Å². The number of benzene rings is 1. The lowest BCUT2D eigenvalue weighted by molar-refractivity contribution is 0.469. The van der Waals surface area contributed by atoms with Crippen LogP contribution in [0.3, 0.4) is 0 Å². The van der Waals surface area contributed by atoms with Crippen LogP contribution < -0.4 is 10.1 Å². The van der Waals surface area contributed by atoms with Crippen molar-refractivity contribution in [2.45, 2.75) is 40.3 Å². The molecule has 0 spiro atoms. The molecule has 0 saturated heterocycles. The Morgan fingerprint density at radius 1 is 1.26 bits per heavy atom. The third kappa shape index (κ3) is 4.01. The minimum absolute atomic E-state index is 0.438. The van der Waals surface area contributed by atoms with Crippen LogP contribution in [0.2, 0.25) is 0 Å². The zero-order chi connectivity index (χ0) is 13.8. The van der Waals surface area contributed by atoms with Crippen LogP contribution in [-0.4, -0.2) is 16.2 Å². The van der Waals surface area contributed by atoms with E-state index in [0.29, 0.717) is 11.2 Å². The van der Waals surface area contributed by atoms with Crippen molar-refractivity contribution >= 4 is 11.3 Å². The maximum Gasteiger partial charge on any atom is 0.299 e. The molecule has 2 aromatic rings. The van der Waals surface area contributed by atoms with Crippen molar-refractivity contribution in [3.8, 4) is 10.9 Å². The third-order valence-electron chi connectivity index (χ3n) is 2.64. The summed E-state index contributed by atoms with van der Waals surface area (Å²) in [6.45, 7) is 9.04. The summed E-state index contributed by atoms with van der Waals surface area (Å²) in [4.78, 5) is 0. The Kier molecular flexibility index (Phi) is 4.50. The van der Waals surface area contributed by atoms with Gasteiger partial charge in [-0.25, -0.2) is 0 Å². The maximum absolute atomic E-state index is 5.77. The van der Waals surface area contributed by atoms with E-state index in [9.17, 15) is 0 Å². The number of ether oxygens (including phenoxy) is 1. The Hall–Kier alpha value is -1.46. The van der Waals surface area contributed by atoms with E-state index < -0.39 is 0 Å². The second kappa shape index (κ2) is 6.12. The van der Waals surface area contributed by atoms with E-state index in [4.69, 9.17) is 4.74 Å². The highest BCUT2D eigenvalue weighted by atomic mass is 32.1. The van der Waals surface area contributed by atoms with Gasteiger partial charge in [-0.05, 0) is 25.5 Å². The Labute approximate surface area is 117 Å². The summed E-state index contributed by atoms with van der Waals surface area (Å²) >= 11 is 1.48. The molecule has 2 rings (SSSR count). The first-order valence-corrected chi connectivity index (χ1v) is 7.17. The average Bonchev–Trinajstić information content (AvgIpc) is 2.78. The molecule has 0 bridgehead atoms. The minimum Gasteiger partial charge on any atom is -0.430 e. The minimum atomic E-state index is 0.438. The molecular formula is C14H19N3OS. The van der Waals surface area contributed by atoms with Gasteiger partial charge in [-0.1, -0.05) is 48.0 Å². The molecular weight excluding hydrogens is 258 g/mol.